The Morgan fingerprint density at radius 1 is 1.44 bits per heavy atom. The molecule has 1 aromatic carbocycles. The molecular weight excluding hydrogens is 198 g/mol. The molecule has 3 heteroatoms. The number of aromatic amines is 1. The molecule has 0 fully saturated rings. The largest absolute Gasteiger partial charge is 0.347 e. The summed E-state index contributed by atoms with van der Waals surface area (Å²) in [6.45, 7) is 5.08. The van der Waals surface area contributed by atoms with Crippen molar-refractivity contribution < 1.29 is 0 Å². The van der Waals surface area contributed by atoms with E-state index in [1.54, 1.807) is 6.20 Å². The van der Waals surface area contributed by atoms with E-state index in [1.165, 1.54) is 11.1 Å². The van der Waals surface area contributed by atoms with Gasteiger partial charge in [-0.1, -0.05) is 29.8 Å². The minimum Gasteiger partial charge on any atom is -0.347 e. The van der Waals surface area contributed by atoms with Gasteiger partial charge in [0.1, 0.15) is 5.82 Å². The van der Waals surface area contributed by atoms with E-state index in [4.69, 9.17) is 0 Å². The molecule has 16 heavy (non-hydrogen) atoms. The van der Waals surface area contributed by atoms with Crippen LogP contribution in [0.4, 0.5) is 0 Å². The zero-order valence-electron chi connectivity index (χ0n) is 9.70. The molecule has 0 bridgehead atoms. The van der Waals surface area contributed by atoms with E-state index < -0.39 is 0 Å². The van der Waals surface area contributed by atoms with Gasteiger partial charge in [-0.2, -0.15) is 0 Å². The van der Waals surface area contributed by atoms with Crippen LogP contribution in [-0.2, 0) is 6.54 Å². The molecule has 2 aromatic rings. The number of aryl methyl sites for hydroxylation is 1. The van der Waals surface area contributed by atoms with Crippen molar-refractivity contribution in [3.8, 4) is 0 Å². The summed E-state index contributed by atoms with van der Waals surface area (Å²) in [7, 11) is 0. The number of rotatable bonds is 4. The van der Waals surface area contributed by atoms with Gasteiger partial charge in [-0.05, 0) is 19.4 Å². The molecule has 2 N–H and O–H groups in total. The third-order valence-electron chi connectivity index (χ3n) is 2.62. The van der Waals surface area contributed by atoms with Gasteiger partial charge in [0, 0.05) is 18.9 Å². The normalized spacial score (nSPS) is 12.6. The van der Waals surface area contributed by atoms with E-state index in [9.17, 15) is 0 Å². The van der Waals surface area contributed by atoms with Gasteiger partial charge in [-0.3, -0.25) is 0 Å². The van der Waals surface area contributed by atoms with Crippen LogP contribution in [0, 0.1) is 6.92 Å². The number of H-pyrrole nitrogens is 1. The predicted octanol–water partition coefficient (Wildman–Crippen LogP) is 2.57. The zero-order chi connectivity index (χ0) is 11.4. The maximum absolute atomic E-state index is 4.23. The Kier molecular flexibility index (Phi) is 3.37. The highest BCUT2D eigenvalue weighted by Crippen LogP contribution is 2.08. The molecule has 0 aliphatic carbocycles. The molecule has 0 amide bonds. The van der Waals surface area contributed by atoms with Crippen molar-refractivity contribution in [1.29, 1.82) is 0 Å². The summed E-state index contributed by atoms with van der Waals surface area (Å²) < 4.78 is 0. The molecular formula is C13H17N3. The molecule has 0 spiro atoms. The first kappa shape index (κ1) is 10.9. The molecule has 84 valence electrons. The third-order valence-corrected chi connectivity index (χ3v) is 2.62. The van der Waals surface area contributed by atoms with Gasteiger partial charge < -0.3 is 10.3 Å². The van der Waals surface area contributed by atoms with Crippen molar-refractivity contribution in [2.45, 2.75) is 26.4 Å². The van der Waals surface area contributed by atoms with Gasteiger partial charge >= 0.3 is 0 Å². The van der Waals surface area contributed by atoms with Crippen LogP contribution in [-0.4, -0.2) is 9.97 Å². The van der Waals surface area contributed by atoms with Crippen LogP contribution in [0.3, 0.4) is 0 Å². The Morgan fingerprint density at radius 3 is 3.00 bits per heavy atom. The average Bonchev–Trinajstić information content (AvgIpc) is 2.79. The maximum Gasteiger partial charge on any atom is 0.122 e. The fourth-order valence-electron chi connectivity index (χ4n) is 1.70. The van der Waals surface area contributed by atoms with E-state index in [-0.39, 0.29) is 6.04 Å². The average molecular weight is 215 g/mol. The van der Waals surface area contributed by atoms with Crippen LogP contribution in [0.5, 0.6) is 0 Å². The lowest BCUT2D eigenvalue weighted by Crippen LogP contribution is -2.19. The quantitative estimate of drug-likeness (QED) is 0.823. The highest BCUT2D eigenvalue weighted by Gasteiger charge is 2.06. The molecule has 1 atom stereocenters. The first-order chi connectivity index (χ1) is 7.75. The van der Waals surface area contributed by atoms with Crippen molar-refractivity contribution in [2.24, 2.45) is 0 Å². The fourth-order valence-corrected chi connectivity index (χ4v) is 1.70. The molecule has 0 aliphatic rings. The summed E-state index contributed by atoms with van der Waals surface area (Å²) in [5.41, 5.74) is 2.60. The van der Waals surface area contributed by atoms with Gasteiger partial charge in [0.2, 0.25) is 0 Å². The number of aromatic nitrogens is 2. The van der Waals surface area contributed by atoms with Crippen LogP contribution in [0.25, 0.3) is 0 Å². The summed E-state index contributed by atoms with van der Waals surface area (Å²) in [5.74, 6) is 0.979. The lowest BCUT2D eigenvalue weighted by molar-refractivity contribution is 0.551. The molecule has 1 aromatic heterocycles. The highest BCUT2D eigenvalue weighted by molar-refractivity contribution is 5.22. The monoisotopic (exact) mass is 215 g/mol. The Balaban J connectivity index is 1.92. The lowest BCUT2D eigenvalue weighted by atomic mass is 10.1. The minimum absolute atomic E-state index is 0.246. The number of nitrogens with zero attached hydrogens (tertiary/aromatic N) is 1. The van der Waals surface area contributed by atoms with Crippen molar-refractivity contribution in [3.63, 3.8) is 0 Å². The first-order valence-corrected chi connectivity index (χ1v) is 5.54. The number of imidazole rings is 1. The Morgan fingerprint density at radius 2 is 2.31 bits per heavy atom. The van der Waals surface area contributed by atoms with Crippen LogP contribution >= 0.6 is 0 Å². The first-order valence-electron chi connectivity index (χ1n) is 5.54. The Labute approximate surface area is 95.9 Å². The Bertz CT molecular complexity index is 434. The molecule has 1 unspecified atom stereocenters. The second kappa shape index (κ2) is 4.94. The second-order valence-electron chi connectivity index (χ2n) is 4.07. The summed E-state index contributed by atoms with van der Waals surface area (Å²) in [6.07, 6.45) is 3.63. The molecule has 2 rings (SSSR count). The molecule has 0 aliphatic heterocycles. The van der Waals surface area contributed by atoms with Crippen molar-refractivity contribution in [1.82, 2.24) is 15.3 Å². The minimum atomic E-state index is 0.246. The molecule has 0 saturated carbocycles. The SMILES string of the molecule is Cc1cccc(CNC(C)c2ncc[nH]2)c1. The maximum atomic E-state index is 4.23. The Hall–Kier alpha value is -1.61. The number of benzene rings is 1. The van der Waals surface area contributed by atoms with E-state index >= 15 is 0 Å². The molecule has 0 radical (unpaired) electrons. The number of hydrogen-bond acceptors (Lipinski definition) is 2. The smallest absolute Gasteiger partial charge is 0.122 e. The zero-order valence-corrected chi connectivity index (χ0v) is 9.70. The van der Waals surface area contributed by atoms with E-state index in [0.717, 1.165) is 12.4 Å². The van der Waals surface area contributed by atoms with Gasteiger partial charge in [0.25, 0.3) is 0 Å². The topological polar surface area (TPSA) is 40.7 Å². The molecule has 3 nitrogen and oxygen atoms in total. The van der Waals surface area contributed by atoms with E-state index in [0.29, 0.717) is 0 Å². The predicted molar refractivity (Wildman–Crippen MR) is 65.0 cm³/mol. The van der Waals surface area contributed by atoms with Crippen molar-refractivity contribution in [3.05, 3.63) is 53.6 Å². The third kappa shape index (κ3) is 2.70. The van der Waals surface area contributed by atoms with Gasteiger partial charge in [0.05, 0.1) is 6.04 Å². The summed E-state index contributed by atoms with van der Waals surface area (Å²) in [4.78, 5) is 7.34. The molecule has 0 saturated heterocycles. The summed E-state index contributed by atoms with van der Waals surface area (Å²) >= 11 is 0. The number of hydrogen-bond donors (Lipinski definition) is 2. The summed E-state index contributed by atoms with van der Waals surface area (Å²) in [5, 5.41) is 3.43. The fraction of sp³-hybridized carbons (Fsp3) is 0.308. The number of nitrogens with one attached hydrogen (secondary N) is 2. The van der Waals surface area contributed by atoms with Crippen LogP contribution < -0.4 is 5.32 Å². The lowest BCUT2D eigenvalue weighted by Gasteiger charge is -2.11. The van der Waals surface area contributed by atoms with E-state index in [1.807, 2.05) is 6.20 Å². The standard InChI is InChI=1S/C13H17N3/c1-10-4-3-5-12(8-10)9-16-11(2)13-14-6-7-15-13/h3-8,11,16H,9H2,1-2H3,(H,14,15). The van der Waals surface area contributed by atoms with Crippen LogP contribution in [0.15, 0.2) is 36.7 Å². The van der Waals surface area contributed by atoms with Crippen molar-refractivity contribution in [2.75, 3.05) is 0 Å². The van der Waals surface area contributed by atoms with Crippen LogP contribution in [0.1, 0.15) is 29.9 Å². The highest BCUT2D eigenvalue weighted by atomic mass is 15.0. The summed E-state index contributed by atoms with van der Waals surface area (Å²) in [6, 6.07) is 8.77. The van der Waals surface area contributed by atoms with Gasteiger partial charge in [-0.25, -0.2) is 4.98 Å². The molecule has 1 heterocycles. The van der Waals surface area contributed by atoms with Gasteiger partial charge in [0.15, 0.2) is 0 Å². The van der Waals surface area contributed by atoms with Gasteiger partial charge in [-0.15, -0.1) is 0 Å². The van der Waals surface area contributed by atoms with Crippen LogP contribution in [0.2, 0.25) is 0 Å². The second-order valence-corrected chi connectivity index (χ2v) is 4.07. The van der Waals surface area contributed by atoms with E-state index in [2.05, 4.69) is 53.4 Å². The van der Waals surface area contributed by atoms with Crippen molar-refractivity contribution >= 4 is 0 Å².